The van der Waals surface area contributed by atoms with Gasteiger partial charge in [0.25, 0.3) is 5.91 Å². The first-order valence-electron chi connectivity index (χ1n) is 18.2. The van der Waals surface area contributed by atoms with E-state index in [1.165, 1.54) is 20.2 Å². The van der Waals surface area contributed by atoms with Gasteiger partial charge in [0, 0.05) is 51.6 Å². The molecule has 4 aromatic rings. The molecule has 0 aliphatic heterocycles. The number of imidazole rings is 1. The molecule has 1 N–H and O–H groups in total. The van der Waals surface area contributed by atoms with Crippen molar-refractivity contribution in [2.45, 2.75) is 76.8 Å². The molecule has 9 nitrogen and oxygen atoms in total. The summed E-state index contributed by atoms with van der Waals surface area (Å²) in [4.78, 5) is 32.1. The predicted octanol–water partition coefficient (Wildman–Crippen LogP) is 7.08. The number of nitrogens with zero attached hydrogens (tertiary/aromatic N) is 3. The SMILES string of the molecule is CCOC(c1ccc(C(F)C(=O)NC)cc1)n1c(CCCN(C)CC[C@@]2(OC(=O)COC)CCc3cc(F)ccc3[C@@H]2C(C)C)nc2ccccc21. The minimum Gasteiger partial charge on any atom is -0.457 e. The molecule has 1 aromatic heterocycles. The molecule has 0 bridgehead atoms. The number of rotatable bonds is 17. The largest absolute Gasteiger partial charge is 0.457 e. The fourth-order valence-corrected chi connectivity index (χ4v) is 7.78. The van der Waals surface area contributed by atoms with Crippen LogP contribution in [0.3, 0.4) is 0 Å². The zero-order chi connectivity index (χ0) is 37.4. The van der Waals surface area contributed by atoms with E-state index in [1.807, 2.05) is 37.3 Å². The van der Waals surface area contributed by atoms with E-state index in [2.05, 4.69) is 35.7 Å². The second kappa shape index (κ2) is 17.6. The van der Waals surface area contributed by atoms with Gasteiger partial charge in [-0.1, -0.05) is 56.3 Å². The van der Waals surface area contributed by atoms with Crippen molar-refractivity contribution in [1.29, 1.82) is 0 Å². The molecule has 0 saturated heterocycles. The first-order valence-corrected chi connectivity index (χ1v) is 18.2. The molecule has 280 valence electrons. The molecule has 1 amide bonds. The number of carbonyl (C=O) groups is 2. The van der Waals surface area contributed by atoms with Crippen molar-refractivity contribution in [3.63, 3.8) is 0 Å². The smallest absolute Gasteiger partial charge is 0.332 e. The highest BCUT2D eigenvalue weighted by Crippen LogP contribution is 2.48. The summed E-state index contributed by atoms with van der Waals surface area (Å²) in [7, 11) is 4.97. The van der Waals surface area contributed by atoms with Crippen LogP contribution in [0.2, 0.25) is 0 Å². The minimum atomic E-state index is -1.76. The molecule has 52 heavy (non-hydrogen) atoms. The fourth-order valence-electron chi connectivity index (χ4n) is 7.78. The molecule has 5 rings (SSSR count). The number of carbonyl (C=O) groups excluding carboxylic acids is 2. The van der Waals surface area contributed by atoms with Crippen LogP contribution in [0, 0.1) is 11.7 Å². The zero-order valence-electron chi connectivity index (χ0n) is 31.2. The molecule has 1 aliphatic carbocycles. The number of fused-ring (bicyclic) bond motifs is 2. The lowest BCUT2D eigenvalue weighted by Gasteiger charge is -2.47. The van der Waals surface area contributed by atoms with Gasteiger partial charge in [0.05, 0.1) is 11.0 Å². The molecule has 4 atom stereocenters. The maximum Gasteiger partial charge on any atom is 0.332 e. The minimum absolute atomic E-state index is 0.0879. The Bertz CT molecular complexity index is 1810. The molecule has 11 heteroatoms. The van der Waals surface area contributed by atoms with Crippen molar-refractivity contribution in [3.05, 3.63) is 101 Å². The van der Waals surface area contributed by atoms with Crippen LogP contribution in [0.5, 0.6) is 0 Å². The van der Waals surface area contributed by atoms with Crippen LogP contribution in [0.15, 0.2) is 66.7 Å². The Morgan fingerprint density at radius 2 is 1.81 bits per heavy atom. The topological polar surface area (TPSA) is 94.9 Å². The summed E-state index contributed by atoms with van der Waals surface area (Å²) >= 11 is 0. The number of aromatic nitrogens is 2. The van der Waals surface area contributed by atoms with Crippen molar-refractivity contribution in [3.8, 4) is 0 Å². The quantitative estimate of drug-likeness (QED) is 0.117. The van der Waals surface area contributed by atoms with Crippen LogP contribution in [0.25, 0.3) is 11.0 Å². The number of hydrogen-bond acceptors (Lipinski definition) is 7. The number of ether oxygens (including phenoxy) is 3. The first kappa shape index (κ1) is 39.0. The molecule has 2 unspecified atom stereocenters. The van der Waals surface area contributed by atoms with Gasteiger partial charge < -0.3 is 24.4 Å². The second-order valence-electron chi connectivity index (χ2n) is 14.0. The molecular weight excluding hydrogens is 666 g/mol. The van der Waals surface area contributed by atoms with E-state index in [9.17, 15) is 18.4 Å². The number of amides is 1. The van der Waals surface area contributed by atoms with Gasteiger partial charge in [-0.15, -0.1) is 0 Å². The van der Waals surface area contributed by atoms with Crippen LogP contribution >= 0.6 is 0 Å². The van der Waals surface area contributed by atoms with E-state index in [1.54, 1.807) is 30.3 Å². The summed E-state index contributed by atoms with van der Waals surface area (Å²) in [5.74, 6) is -0.403. The van der Waals surface area contributed by atoms with E-state index in [0.717, 1.165) is 46.5 Å². The van der Waals surface area contributed by atoms with Crippen molar-refractivity contribution in [1.82, 2.24) is 19.8 Å². The molecule has 1 aliphatic rings. The van der Waals surface area contributed by atoms with E-state index in [4.69, 9.17) is 19.2 Å². The van der Waals surface area contributed by atoms with Gasteiger partial charge in [-0.25, -0.2) is 18.6 Å². The predicted molar refractivity (Wildman–Crippen MR) is 197 cm³/mol. The highest BCUT2D eigenvalue weighted by molar-refractivity contribution is 5.81. The van der Waals surface area contributed by atoms with Crippen molar-refractivity contribution < 1.29 is 32.6 Å². The highest BCUT2D eigenvalue weighted by Gasteiger charge is 2.47. The van der Waals surface area contributed by atoms with Gasteiger partial charge in [0.15, 0.2) is 6.23 Å². The number of esters is 1. The van der Waals surface area contributed by atoms with E-state index in [0.29, 0.717) is 38.8 Å². The van der Waals surface area contributed by atoms with E-state index in [-0.39, 0.29) is 29.8 Å². The molecule has 0 spiro atoms. The lowest BCUT2D eigenvalue weighted by molar-refractivity contribution is -0.172. The summed E-state index contributed by atoms with van der Waals surface area (Å²) in [5, 5.41) is 2.36. The second-order valence-corrected chi connectivity index (χ2v) is 14.0. The third-order valence-corrected chi connectivity index (χ3v) is 10.1. The number of aryl methyl sites for hydroxylation is 2. The molecular formula is C41H52F2N4O5. The van der Waals surface area contributed by atoms with Gasteiger partial charge in [-0.05, 0) is 86.7 Å². The lowest BCUT2D eigenvalue weighted by Crippen LogP contribution is -2.49. The zero-order valence-corrected chi connectivity index (χ0v) is 31.2. The standard InChI is InChI=1S/C41H52F2N4O5/c1-7-51-40(29-16-14-28(15-17-29)38(43)39(49)44-4)47-34-12-9-8-11-33(34)45-35(47)13-10-23-46(5)24-22-41(52-36(48)26-50-6)21-20-30-25-31(42)18-19-32(30)37(41)27(2)3/h8-9,11-12,14-19,25,27,37-38,40H,7,10,13,20-24,26H2,1-6H3,(H,44,49)/t37-,38?,40?,41-/m0/s1. The number of halogens is 2. The van der Waals surface area contributed by atoms with Crippen LogP contribution in [0.1, 0.15) is 86.4 Å². The van der Waals surface area contributed by atoms with Gasteiger partial charge in [0.1, 0.15) is 23.8 Å². The van der Waals surface area contributed by atoms with Gasteiger partial charge in [0.2, 0.25) is 6.17 Å². The van der Waals surface area contributed by atoms with Crippen molar-refractivity contribution >= 4 is 22.9 Å². The third-order valence-electron chi connectivity index (χ3n) is 10.1. The highest BCUT2D eigenvalue weighted by atomic mass is 19.1. The fraction of sp³-hybridized carbons (Fsp3) is 0.488. The molecule has 0 radical (unpaired) electrons. The third kappa shape index (κ3) is 8.70. The number of likely N-dealkylation sites (N-methyl/N-ethyl adjacent to an activating group) is 1. The monoisotopic (exact) mass is 718 g/mol. The average Bonchev–Trinajstić information content (AvgIpc) is 3.50. The van der Waals surface area contributed by atoms with Crippen molar-refractivity contribution in [2.24, 2.45) is 5.92 Å². The van der Waals surface area contributed by atoms with Gasteiger partial charge >= 0.3 is 5.97 Å². The summed E-state index contributed by atoms with van der Waals surface area (Å²) in [6.45, 7) is 7.97. The summed E-state index contributed by atoms with van der Waals surface area (Å²) in [6, 6.07) is 19.8. The Hall–Kier alpha value is -4.19. The number of nitrogens with one attached hydrogen (secondary N) is 1. The van der Waals surface area contributed by atoms with Crippen LogP contribution < -0.4 is 5.32 Å². The number of hydrogen-bond donors (Lipinski definition) is 1. The average molecular weight is 719 g/mol. The van der Waals surface area contributed by atoms with Gasteiger partial charge in [-0.2, -0.15) is 0 Å². The Balaban J connectivity index is 1.33. The molecule has 0 saturated carbocycles. The summed E-state index contributed by atoms with van der Waals surface area (Å²) in [5.41, 5.74) is 4.15. The van der Waals surface area contributed by atoms with Crippen molar-refractivity contribution in [2.75, 3.05) is 47.5 Å². The summed E-state index contributed by atoms with van der Waals surface area (Å²) in [6.07, 6.45) is 1.08. The number of para-hydroxylation sites is 2. The van der Waals surface area contributed by atoms with Crippen LogP contribution in [-0.2, 0) is 36.6 Å². The van der Waals surface area contributed by atoms with Crippen LogP contribution in [0.4, 0.5) is 8.78 Å². The summed E-state index contributed by atoms with van der Waals surface area (Å²) < 4.78 is 48.7. The number of methoxy groups -OCH3 is 1. The maximum atomic E-state index is 14.7. The molecule has 3 aromatic carbocycles. The Kier molecular flexibility index (Phi) is 13.2. The number of benzene rings is 3. The van der Waals surface area contributed by atoms with E-state index < -0.39 is 29.9 Å². The normalized spacial score (nSPS) is 18.4. The maximum absolute atomic E-state index is 14.7. The first-order chi connectivity index (χ1) is 25.0. The number of alkyl halides is 1. The van der Waals surface area contributed by atoms with E-state index >= 15 is 0 Å². The van der Waals surface area contributed by atoms with Crippen LogP contribution in [-0.4, -0.2) is 79.4 Å². The Labute approximate surface area is 305 Å². The lowest BCUT2D eigenvalue weighted by atomic mass is 9.65. The van der Waals surface area contributed by atoms with Gasteiger partial charge in [-0.3, -0.25) is 9.36 Å². The molecule has 0 fully saturated rings. The Morgan fingerprint density at radius 1 is 1.08 bits per heavy atom. The molecule has 1 heterocycles. The Morgan fingerprint density at radius 3 is 2.50 bits per heavy atom.